The van der Waals surface area contributed by atoms with Crippen LogP contribution in [-0.4, -0.2) is 11.1 Å². The molecule has 0 saturated carbocycles. The molecule has 0 amide bonds. The maximum Gasteiger partial charge on any atom is 0.191 e. The Bertz CT molecular complexity index is 521. The molecule has 0 saturated heterocycles. The molecule has 66 valence electrons. The van der Waals surface area contributed by atoms with E-state index in [1.807, 2.05) is 24.3 Å². The summed E-state index contributed by atoms with van der Waals surface area (Å²) in [5, 5.41) is 2.17. The van der Waals surface area contributed by atoms with Gasteiger partial charge in [-0.15, -0.1) is 0 Å². The molecule has 2 heteroatoms. The second-order valence-corrected chi connectivity index (χ2v) is 4.43. The summed E-state index contributed by atoms with van der Waals surface area (Å²) >= 11 is 0. The zero-order valence-electron chi connectivity index (χ0n) is 7.40. The van der Waals surface area contributed by atoms with Crippen LogP contribution in [0.15, 0.2) is 42.5 Å². The zero-order valence-corrected chi connectivity index (χ0v) is 8.29. The topological polar surface area (TPSA) is 17.1 Å². The summed E-state index contributed by atoms with van der Waals surface area (Å²) in [6.45, 7) is 0. The zero-order chi connectivity index (χ0) is 9.54. The van der Waals surface area contributed by atoms with E-state index >= 15 is 0 Å². The van der Waals surface area contributed by atoms with Crippen LogP contribution in [0.2, 0.25) is 0 Å². The second kappa shape index (κ2) is 2.76. The van der Waals surface area contributed by atoms with Gasteiger partial charge in [0.1, 0.15) is 0 Å². The molecule has 1 aromatic rings. The second-order valence-electron chi connectivity index (χ2n) is 3.28. The van der Waals surface area contributed by atoms with E-state index in [2.05, 4.69) is 12.1 Å². The third-order valence-corrected chi connectivity index (χ3v) is 3.74. The van der Waals surface area contributed by atoms with Crippen LogP contribution in [0.4, 0.5) is 0 Å². The maximum atomic E-state index is 11.6. The summed E-state index contributed by atoms with van der Waals surface area (Å²) in [4.78, 5) is 11.6. The first-order chi connectivity index (χ1) is 6.86. The number of carbonyl (C=O) groups excluding carboxylic acids is 1. The molecule has 0 atom stereocenters. The number of rotatable bonds is 0. The molecule has 1 heterocycles. The fraction of sp³-hybridized carbons (Fsp3) is 0. The number of carbonyl (C=O) groups is 1. The minimum atomic E-state index is 0.153. The Labute approximate surface area is 83.6 Å². The minimum Gasteiger partial charge on any atom is -0.289 e. The molecule has 0 aromatic heterocycles. The molecule has 3 rings (SSSR count). The lowest BCUT2D eigenvalue weighted by Gasteiger charge is -2.05. The normalized spacial score (nSPS) is 18.4. The molecule has 0 spiro atoms. The maximum absolute atomic E-state index is 11.6. The van der Waals surface area contributed by atoms with E-state index in [9.17, 15) is 4.79 Å². The van der Waals surface area contributed by atoms with E-state index in [-0.39, 0.29) is 5.78 Å². The van der Waals surface area contributed by atoms with E-state index in [0.717, 1.165) is 19.1 Å². The number of hydrogen-bond donors (Lipinski definition) is 0. The van der Waals surface area contributed by atoms with Gasteiger partial charge in [-0.3, -0.25) is 4.79 Å². The molecule has 1 aromatic carbocycles. The summed E-state index contributed by atoms with van der Waals surface area (Å²) < 4.78 is 0. The predicted octanol–water partition coefficient (Wildman–Crippen LogP) is 1.97. The molecule has 1 aliphatic heterocycles. The highest BCUT2D eigenvalue weighted by Gasteiger charge is 2.24. The highest BCUT2D eigenvalue weighted by Crippen LogP contribution is 2.30. The number of hydrogen-bond acceptors (Lipinski definition) is 1. The third kappa shape index (κ3) is 0.964. The van der Waals surface area contributed by atoms with Gasteiger partial charge >= 0.3 is 0 Å². The standard InChI is InChI=1S/C12H7OP/c13-10-6-3-5-9-8-4-1-2-7-11(8)14-12(9)10/h1-7H. The number of allylic oxidation sites excluding steroid dienone is 4. The van der Waals surface area contributed by atoms with Gasteiger partial charge in [0.15, 0.2) is 5.78 Å². The highest BCUT2D eigenvalue weighted by atomic mass is 31.1. The Kier molecular flexibility index (Phi) is 1.56. The quantitative estimate of drug-likeness (QED) is 0.582. The lowest BCUT2D eigenvalue weighted by Crippen LogP contribution is -2.11. The Hall–Kier alpha value is -1.46. The summed E-state index contributed by atoms with van der Waals surface area (Å²) in [6, 6.07) is 8.19. The van der Waals surface area contributed by atoms with Crippen LogP contribution in [-0.2, 0) is 4.79 Å². The molecule has 1 nitrogen and oxygen atoms in total. The Morgan fingerprint density at radius 3 is 2.93 bits per heavy atom. The molecule has 0 fully saturated rings. The SMILES string of the molecule is O=C1C=CC=C2C1=Pc1ccccc12. The Balaban J connectivity index is 2.29. The van der Waals surface area contributed by atoms with Crippen LogP contribution in [0.3, 0.4) is 0 Å². The monoisotopic (exact) mass is 198 g/mol. The minimum absolute atomic E-state index is 0.153. The van der Waals surface area contributed by atoms with Crippen molar-refractivity contribution < 1.29 is 4.79 Å². The molecule has 0 bridgehead atoms. The largest absolute Gasteiger partial charge is 0.289 e. The van der Waals surface area contributed by atoms with Gasteiger partial charge in [0.2, 0.25) is 0 Å². The van der Waals surface area contributed by atoms with Crippen LogP contribution in [0.1, 0.15) is 5.56 Å². The van der Waals surface area contributed by atoms with Crippen LogP contribution >= 0.6 is 8.20 Å². The first kappa shape index (κ1) is 7.90. The van der Waals surface area contributed by atoms with Gasteiger partial charge in [-0.2, -0.15) is 0 Å². The van der Waals surface area contributed by atoms with E-state index in [4.69, 9.17) is 0 Å². The molecular formula is C12H7OP. The van der Waals surface area contributed by atoms with Gasteiger partial charge in [0.25, 0.3) is 0 Å². The van der Waals surface area contributed by atoms with Crippen molar-refractivity contribution in [1.29, 1.82) is 0 Å². The van der Waals surface area contributed by atoms with Gasteiger partial charge in [-0.05, 0) is 23.3 Å². The highest BCUT2D eigenvalue weighted by molar-refractivity contribution is 7.55. The molecule has 0 unspecified atom stereocenters. The molecule has 1 aliphatic carbocycles. The van der Waals surface area contributed by atoms with Gasteiger partial charge in [0.05, 0.1) is 5.29 Å². The average Bonchev–Trinajstić information content (AvgIpc) is 2.59. The fourth-order valence-electron chi connectivity index (χ4n) is 1.77. The first-order valence-electron chi connectivity index (χ1n) is 4.47. The van der Waals surface area contributed by atoms with Gasteiger partial charge in [-0.25, -0.2) is 0 Å². The third-order valence-electron chi connectivity index (χ3n) is 2.43. The Morgan fingerprint density at radius 1 is 1.14 bits per heavy atom. The van der Waals surface area contributed by atoms with E-state index in [1.165, 1.54) is 10.9 Å². The van der Waals surface area contributed by atoms with Crippen molar-refractivity contribution in [3.05, 3.63) is 48.1 Å². The number of ketones is 1. The van der Waals surface area contributed by atoms with Gasteiger partial charge in [0, 0.05) is 5.30 Å². The van der Waals surface area contributed by atoms with Crippen molar-refractivity contribution in [2.75, 3.05) is 0 Å². The lowest BCUT2D eigenvalue weighted by atomic mass is 9.97. The first-order valence-corrected chi connectivity index (χ1v) is 5.37. The van der Waals surface area contributed by atoms with Crippen molar-refractivity contribution in [2.24, 2.45) is 0 Å². The van der Waals surface area contributed by atoms with Crippen LogP contribution in [0.5, 0.6) is 0 Å². The number of fused-ring (bicyclic) bond motifs is 3. The Morgan fingerprint density at radius 2 is 2.00 bits per heavy atom. The summed E-state index contributed by atoms with van der Waals surface area (Å²) in [6.07, 6.45) is 5.49. The van der Waals surface area contributed by atoms with Gasteiger partial charge in [-0.1, -0.05) is 38.6 Å². The summed E-state index contributed by atoms with van der Waals surface area (Å²) in [5.74, 6) is 0.153. The van der Waals surface area contributed by atoms with Gasteiger partial charge < -0.3 is 0 Å². The summed E-state index contributed by atoms with van der Waals surface area (Å²) in [7, 11) is 1.06. The van der Waals surface area contributed by atoms with Crippen molar-refractivity contribution in [3.63, 3.8) is 0 Å². The van der Waals surface area contributed by atoms with Crippen molar-refractivity contribution >= 4 is 30.2 Å². The van der Waals surface area contributed by atoms with E-state index in [1.54, 1.807) is 6.08 Å². The predicted molar refractivity (Wildman–Crippen MR) is 60.1 cm³/mol. The smallest absolute Gasteiger partial charge is 0.191 e. The molecule has 0 radical (unpaired) electrons. The van der Waals surface area contributed by atoms with Crippen LogP contribution < -0.4 is 5.30 Å². The van der Waals surface area contributed by atoms with Crippen molar-refractivity contribution in [3.8, 4) is 0 Å². The lowest BCUT2D eigenvalue weighted by molar-refractivity contribution is -0.108. The van der Waals surface area contributed by atoms with Crippen molar-refractivity contribution in [1.82, 2.24) is 0 Å². The van der Waals surface area contributed by atoms with Crippen molar-refractivity contribution in [2.45, 2.75) is 0 Å². The average molecular weight is 198 g/mol. The van der Waals surface area contributed by atoms with E-state index in [0.29, 0.717) is 0 Å². The fourth-order valence-corrected chi connectivity index (χ4v) is 2.99. The molecular weight excluding hydrogens is 191 g/mol. The van der Waals surface area contributed by atoms with Crippen LogP contribution in [0, 0.1) is 0 Å². The molecule has 14 heavy (non-hydrogen) atoms. The number of benzene rings is 1. The van der Waals surface area contributed by atoms with E-state index < -0.39 is 0 Å². The molecule has 0 N–H and O–H groups in total. The summed E-state index contributed by atoms with van der Waals surface area (Å²) in [5.41, 5.74) is 2.32. The molecule has 2 aliphatic rings. The van der Waals surface area contributed by atoms with Crippen LogP contribution in [0.25, 0.3) is 5.57 Å².